The van der Waals surface area contributed by atoms with Crippen LogP contribution in [0, 0.1) is 0 Å². The Balaban J connectivity index is 1.75. The summed E-state index contributed by atoms with van der Waals surface area (Å²) in [6.45, 7) is 2.83. The number of hydrogen-bond acceptors (Lipinski definition) is 13. The summed E-state index contributed by atoms with van der Waals surface area (Å²) >= 11 is 0. The van der Waals surface area contributed by atoms with Crippen molar-refractivity contribution in [1.82, 2.24) is 5.32 Å². The summed E-state index contributed by atoms with van der Waals surface area (Å²) in [5, 5.41) is 87.1. The second kappa shape index (κ2) is 45.7. The Morgan fingerprint density at radius 2 is 0.849 bits per heavy atom. The molecule has 2 heterocycles. The molecule has 0 aromatic carbocycles. The van der Waals surface area contributed by atoms with Crippen LogP contribution in [-0.2, 0) is 23.7 Å². The van der Waals surface area contributed by atoms with E-state index in [2.05, 4.69) is 19.2 Å². The molecule has 0 aromatic heterocycles. The Labute approximate surface area is 444 Å². The van der Waals surface area contributed by atoms with Gasteiger partial charge < -0.3 is 65.1 Å². The highest BCUT2D eigenvalue weighted by Crippen LogP contribution is 2.30. The molecule has 4 unspecified atom stereocenters. The van der Waals surface area contributed by atoms with Crippen molar-refractivity contribution in [2.75, 3.05) is 19.8 Å². The third-order valence-corrected chi connectivity index (χ3v) is 15.2. The molecular weight excluding hydrogens is 931 g/mol. The highest BCUT2D eigenvalue weighted by molar-refractivity contribution is 5.76. The van der Waals surface area contributed by atoms with Crippen molar-refractivity contribution >= 4 is 5.91 Å². The molecule has 432 valence electrons. The number of carbonyl (C=O) groups is 1. The summed E-state index contributed by atoms with van der Waals surface area (Å²) in [5.41, 5.74) is 0. The molecule has 14 heteroatoms. The lowest BCUT2D eigenvalue weighted by Crippen LogP contribution is -2.65. The molecule has 2 aliphatic rings. The van der Waals surface area contributed by atoms with Gasteiger partial charge in [0.05, 0.1) is 32.0 Å². The molecule has 0 aromatic rings. The van der Waals surface area contributed by atoms with Crippen molar-refractivity contribution in [1.29, 1.82) is 0 Å². The van der Waals surface area contributed by atoms with E-state index in [1.807, 2.05) is 6.08 Å². The second-order valence-corrected chi connectivity index (χ2v) is 21.8. The predicted octanol–water partition coefficient (Wildman–Crippen LogP) is 10.3. The van der Waals surface area contributed by atoms with Crippen LogP contribution in [0.15, 0.2) is 12.2 Å². The summed E-state index contributed by atoms with van der Waals surface area (Å²) in [4.78, 5) is 13.3. The zero-order chi connectivity index (χ0) is 53.2. The zero-order valence-electron chi connectivity index (χ0n) is 46.4. The molecule has 0 bridgehead atoms. The first-order chi connectivity index (χ1) is 35.6. The highest BCUT2D eigenvalue weighted by atomic mass is 16.7. The minimum absolute atomic E-state index is 0.233. The molecular formula is C59H113NO13. The van der Waals surface area contributed by atoms with Gasteiger partial charge in [0.2, 0.25) is 5.91 Å². The highest BCUT2D eigenvalue weighted by Gasteiger charge is 2.51. The van der Waals surface area contributed by atoms with Crippen LogP contribution in [0.5, 0.6) is 0 Å². The van der Waals surface area contributed by atoms with Crippen molar-refractivity contribution < 1.29 is 64.6 Å². The molecule has 0 saturated carbocycles. The van der Waals surface area contributed by atoms with Crippen LogP contribution in [0.1, 0.15) is 264 Å². The van der Waals surface area contributed by atoms with E-state index in [1.54, 1.807) is 6.08 Å². The number of amides is 1. The first-order valence-corrected chi connectivity index (χ1v) is 30.4. The number of aliphatic hydroxyl groups is 8. The molecule has 2 fully saturated rings. The molecule has 2 rings (SSSR count). The normalized spacial score (nSPS) is 25.4. The SMILES string of the molecule is CCCCCCCCCCCCCCCCC/C=C/[C@@H](O)[C@H](CO[C@@H]1O[C@H](CO)[C@@H](O[C@@H]2O[C@H](CO)[C@H](O)C(O)C2O)C(O)C1O)NC(=O)CCCCCCCCCCCCCCCCCCCCCCCC. The number of nitrogens with one attached hydrogen (secondary N) is 1. The second-order valence-electron chi connectivity index (χ2n) is 21.8. The van der Waals surface area contributed by atoms with Gasteiger partial charge in [-0.2, -0.15) is 0 Å². The maximum atomic E-state index is 13.3. The van der Waals surface area contributed by atoms with Gasteiger partial charge in [0, 0.05) is 6.42 Å². The van der Waals surface area contributed by atoms with E-state index in [4.69, 9.17) is 18.9 Å². The minimum atomic E-state index is -1.79. The first kappa shape index (κ1) is 67.8. The van der Waals surface area contributed by atoms with Gasteiger partial charge in [0.15, 0.2) is 12.6 Å². The van der Waals surface area contributed by atoms with Gasteiger partial charge in [-0.25, -0.2) is 0 Å². The van der Waals surface area contributed by atoms with Gasteiger partial charge in [0.1, 0.15) is 48.8 Å². The number of hydrogen-bond donors (Lipinski definition) is 9. The molecule has 2 saturated heterocycles. The lowest BCUT2D eigenvalue weighted by molar-refractivity contribution is -0.359. The number of aliphatic hydroxyl groups excluding tert-OH is 8. The van der Waals surface area contributed by atoms with E-state index in [1.165, 1.54) is 199 Å². The number of allylic oxidation sites excluding steroid dienone is 1. The van der Waals surface area contributed by atoms with Crippen LogP contribution >= 0.6 is 0 Å². The quantitative estimate of drug-likeness (QED) is 0.0204. The summed E-state index contributed by atoms with van der Waals surface area (Å²) in [7, 11) is 0. The Morgan fingerprint density at radius 3 is 1.26 bits per heavy atom. The Bertz CT molecular complexity index is 1280. The van der Waals surface area contributed by atoms with Crippen LogP contribution in [0.25, 0.3) is 0 Å². The maximum Gasteiger partial charge on any atom is 0.220 e. The molecule has 0 spiro atoms. The third kappa shape index (κ3) is 31.7. The van der Waals surface area contributed by atoms with Crippen molar-refractivity contribution in [3.8, 4) is 0 Å². The number of unbranched alkanes of at least 4 members (excludes halogenated alkanes) is 36. The van der Waals surface area contributed by atoms with Crippen LogP contribution in [-0.4, -0.2) is 140 Å². The van der Waals surface area contributed by atoms with Crippen molar-refractivity contribution in [2.24, 2.45) is 0 Å². The summed E-state index contributed by atoms with van der Waals surface area (Å²) in [6, 6.07) is -0.909. The van der Waals surface area contributed by atoms with E-state index >= 15 is 0 Å². The molecule has 12 atom stereocenters. The third-order valence-electron chi connectivity index (χ3n) is 15.2. The van der Waals surface area contributed by atoms with Gasteiger partial charge in [-0.15, -0.1) is 0 Å². The van der Waals surface area contributed by atoms with E-state index in [9.17, 15) is 45.6 Å². The van der Waals surface area contributed by atoms with E-state index in [0.29, 0.717) is 6.42 Å². The van der Waals surface area contributed by atoms with Crippen LogP contribution in [0.2, 0.25) is 0 Å². The van der Waals surface area contributed by atoms with E-state index in [0.717, 1.165) is 38.5 Å². The average Bonchev–Trinajstić information content (AvgIpc) is 3.39. The van der Waals surface area contributed by atoms with Crippen molar-refractivity contribution in [3.05, 3.63) is 12.2 Å². The van der Waals surface area contributed by atoms with Crippen LogP contribution in [0.3, 0.4) is 0 Å². The Hall–Kier alpha value is -1.27. The molecule has 0 radical (unpaired) electrons. The first-order valence-electron chi connectivity index (χ1n) is 30.4. The molecule has 0 aliphatic carbocycles. The Kier molecular flexibility index (Phi) is 42.5. The fourth-order valence-electron chi connectivity index (χ4n) is 10.3. The molecule has 73 heavy (non-hydrogen) atoms. The number of carbonyl (C=O) groups excluding carboxylic acids is 1. The van der Waals surface area contributed by atoms with Gasteiger partial charge in [0.25, 0.3) is 0 Å². The van der Waals surface area contributed by atoms with Crippen molar-refractivity contribution in [3.63, 3.8) is 0 Å². The number of ether oxygens (including phenoxy) is 4. The molecule has 2 aliphatic heterocycles. The minimum Gasteiger partial charge on any atom is -0.394 e. The standard InChI is InChI=1S/C59H113NO13/c1-3-5-7-9-11-13-15-17-19-21-22-23-24-25-27-29-31-33-35-37-39-41-43-51(64)60-47(48(63)42-40-38-36-34-32-30-28-26-20-18-16-14-12-10-8-6-4-2)46-70-58-56(69)54(67)57(50(45-62)72-58)73-59-55(68)53(66)52(65)49(44-61)71-59/h40,42,47-50,52-59,61-63,65-69H,3-39,41,43-46H2,1-2H3,(H,60,64)/b42-40+/t47-,48+,49+,50+,52-,53?,54?,55?,56?,57+,58+,59-/m0/s1. The predicted molar refractivity (Wildman–Crippen MR) is 291 cm³/mol. The maximum absolute atomic E-state index is 13.3. The topological polar surface area (TPSA) is 228 Å². The smallest absolute Gasteiger partial charge is 0.220 e. The molecule has 1 amide bonds. The largest absolute Gasteiger partial charge is 0.394 e. The van der Waals surface area contributed by atoms with Crippen LogP contribution in [0.4, 0.5) is 0 Å². The van der Waals surface area contributed by atoms with Gasteiger partial charge in [-0.1, -0.05) is 251 Å². The summed E-state index contributed by atoms with van der Waals surface area (Å²) < 4.78 is 22.8. The van der Waals surface area contributed by atoms with E-state index < -0.39 is 86.8 Å². The molecule has 14 nitrogen and oxygen atoms in total. The van der Waals surface area contributed by atoms with Crippen LogP contribution < -0.4 is 5.32 Å². The lowest BCUT2D eigenvalue weighted by Gasteiger charge is -2.46. The average molecular weight is 1040 g/mol. The van der Waals surface area contributed by atoms with Gasteiger partial charge >= 0.3 is 0 Å². The number of rotatable bonds is 49. The zero-order valence-corrected chi connectivity index (χ0v) is 46.4. The fraction of sp³-hybridized carbons (Fsp3) is 0.949. The monoisotopic (exact) mass is 1040 g/mol. The van der Waals surface area contributed by atoms with Gasteiger partial charge in [-0.05, 0) is 19.3 Å². The summed E-state index contributed by atoms with van der Waals surface area (Å²) in [6.07, 6.45) is 35.3. The Morgan fingerprint density at radius 1 is 0.479 bits per heavy atom. The molecule has 9 N–H and O–H groups in total. The van der Waals surface area contributed by atoms with Gasteiger partial charge in [-0.3, -0.25) is 4.79 Å². The lowest BCUT2D eigenvalue weighted by atomic mass is 9.97. The van der Waals surface area contributed by atoms with Crippen molar-refractivity contribution in [2.45, 2.75) is 338 Å². The summed E-state index contributed by atoms with van der Waals surface area (Å²) in [5.74, 6) is -0.233. The van der Waals surface area contributed by atoms with E-state index in [-0.39, 0.29) is 18.9 Å². The fourth-order valence-corrected chi connectivity index (χ4v) is 10.3.